The van der Waals surface area contributed by atoms with Crippen molar-refractivity contribution in [2.24, 2.45) is 0 Å². The van der Waals surface area contributed by atoms with Gasteiger partial charge >= 0.3 is 0 Å². The van der Waals surface area contributed by atoms with Crippen LogP contribution in [0, 0.1) is 34.0 Å². The number of benzene rings is 1. The number of allylic oxidation sites excluding steroid dienone is 2. The zero-order valence-electron chi connectivity index (χ0n) is 11.0. The lowest BCUT2D eigenvalue weighted by atomic mass is 10.0. The van der Waals surface area contributed by atoms with Gasteiger partial charge in [0.15, 0.2) is 5.57 Å². The summed E-state index contributed by atoms with van der Waals surface area (Å²) in [6.07, 6.45) is 1.62. The zero-order valence-corrected chi connectivity index (χ0v) is 11.0. The average molecular weight is 250 g/mol. The van der Waals surface area contributed by atoms with Crippen molar-refractivity contribution in [2.45, 2.75) is 26.7 Å². The van der Waals surface area contributed by atoms with Gasteiger partial charge in [0.2, 0.25) is 0 Å². The van der Waals surface area contributed by atoms with Crippen molar-refractivity contribution in [1.29, 1.82) is 15.8 Å². The lowest BCUT2D eigenvalue weighted by Gasteiger charge is -2.14. The second-order valence-corrected chi connectivity index (χ2v) is 3.87. The molecule has 0 unspecified atom stereocenters. The van der Waals surface area contributed by atoms with Gasteiger partial charge in [-0.3, -0.25) is 0 Å². The maximum Gasteiger partial charge on any atom is 0.163 e. The molecule has 0 radical (unpaired) electrons. The standard InChI is InChI=1S/C15H14N4/c1-3-11-6-5-7-12(4-2)15(11)19-14(10-18)13(8-16)9-17/h5-7,19H,3-4H2,1-2H3. The molecule has 1 rings (SSSR count). The molecule has 94 valence electrons. The highest BCUT2D eigenvalue weighted by Gasteiger charge is 2.11. The number of para-hydroxylation sites is 1. The van der Waals surface area contributed by atoms with Crippen LogP contribution < -0.4 is 5.32 Å². The van der Waals surface area contributed by atoms with E-state index in [0.717, 1.165) is 29.7 Å². The van der Waals surface area contributed by atoms with Crippen molar-refractivity contribution in [1.82, 2.24) is 0 Å². The van der Waals surface area contributed by atoms with Crippen LogP contribution >= 0.6 is 0 Å². The Balaban J connectivity index is 3.34. The number of anilines is 1. The highest BCUT2D eigenvalue weighted by atomic mass is 14.9. The molecule has 0 fully saturated rings. The minimum atomic E-state index is -0.199. The lowest BCUT2D eigenvalue weighted by Crippen LogP contribution is -2.06. The van der Waals surface area contributed by atoms with Crippen LogP contribution in [0.1, 0.15) is 25.0 Å². The monoisotopic (exact) mass is 250 g/mol. The van der Waals surface area contributed by atoms with Crippen LogP contribution in [0.4, 0.5) is 5.69 Å². The number of hydrogen-bond donors (Lipinski definition) is 1. The fraction of sp³-hybridized carbons (Fsp3) is 0.267. The quantitative estimate of drug-likeness (QED) is 0.832. The Labute approximate surface area is 113 Å². The zero-order chi connectivity index (χ0) is 14.3. The average Bonchev–Trinajstić information content (AvgIpc) is 2.47. The van der Waals surface area contributed by atoms with Crippen LogP contribution in [0.3, 0.4) is 0 Å². The van der Waals surface area contributed by atoms with Gasteiger partial charge in [0.1, 0.15) is 23.9 Å². The molecule has 0 saturated carbocycles. The van der Waals surface area contributed by atoms with Crippen LogP contribution in [0.2, 0.25) is 0 Å². The molecule has 19 heavy (non-hydrogen) atoms. The molecule has 0 atom stereocenters. The van der Waals surface area contributed by atoms with Gasteiger partial charge in [-0.25, -0.2) is 0 Å². The summed E-state index contributed by atoms with van der Waals surface area (Å²) in [7, 11) is 0. The molecule has 0 bridgehead atoms. The molecule has 0 saturated heterocycles. The Morgan fingerprint density at radius 3 is 1.89 bits per heavy atom. The molecule has 0 spiro atoms. The van der Waals surface area contributed by atoms with Crippen LogP contribution in [-0.4, -0.2) is 0 Å². The molecular formula is C15H14N4. The molecule has 0 aromatic heterocycles. The fourth-order valence-electron chi connectivity index (χ4n) is 1.81. The summed E-state index contributed by atoms with van der Waals surface area (Å²) in [5, 5.41) is 29.7. The first-order chi connectivity index (χ1) is 9.21. The minimum Gasteiger partial charge on any atom is -0.345 e. The van der Waals surface area contributed by atoms with E-state index in [1.807, 2.05) is 38.1 Å². The van der Waals surface area contributed by atoms with E-state index in [9.17, 15) is 0 Å². The third-order valence-corrected chi connectivity index (χ3v) is 2.83. The molecular weight excluding hydrogens is 236 g/mol. The van der Waals surface area contributed by atoms with Crippen molar-refractivity contribution >= 4 is 5.69 Å². The Morgan fingerprint density at radius 1 is 1.00 bits per heavy atom. The molecule has 1 aromatic rings. The van der Waals surface area contributed by atoms with Gasteiger partial charge < -0.3 is 5.32 Å². The highest BCUT2D eigenvalue weighted by Crippen LogP contribution is 2.24. The molecule has 4 nitrogen and oxygen atoms in total. The third-order valence-electron chi connectivity index (χ3n) is 2.83. The summed E-state index contributed by atoms with van der Waals surface area (Å²) >= 11 is 0. The Hall–Kier alpha value is -2.77. The summed E-state index contributed by atoms with van der Waals surface area (Å²) in [5.41, 5.74) is 2.74. The third kappa shape index (κ3) is 3.12. The van der Waals surface area contributed by atoms with Gasteiger partial charge in [-0.05, 0) is 24.0 Å². The van der Waals surface area contributed by atoms with Crippen LogP contribution in [0.25, 0.3) is 0 Å². The first kappa shape index (κ1) is 14.3. The summed E-state index contributed by atoms with van der Waals surface area (Å²) in [6.45, 7) is 4.04. The number of nitrogens with one attached hydrogen (secondary N) is 1. The Morgan fingerprint density at radius 2 is 1.53 bits per heavy atom. The number of nitrogens with zero attached hydrogens (tertiary/aromatic N) is 3. The normalized spacial score (nSPS) is 8.79. The van der Waals surface area contributed by atoms with Crippen molar-refractivity contribution in [2.75, 3.05) is 5.32 Å². The van der Waals surface area contributed by atoms with E-state index in [1.165, 1.54) is 0 Å². The van der Waals surface area contributed by atoms with Gasteiger partial charge in [0.05, 0.1) is 0 Å². The Bertz CT molecular complexity index is 583. The van der Waals surface area contributed by atoms with Gasteiger partial charge in [0, 0.05) is 5.69 Å². The van der Waals surface area contributed by atoms with Crippen LogP contribution in [0.15, 0.2) is 29.5 Å². The maximum absolute atomic E-state index is 9.07. The van der Waals surface area contributed by atoms with E-state index in [1.54, 1.807) is 12.1 Å². The minimum absolute atomic E-state index is 0.000556. The van der Waals surface area contributed by atoms with E-state index in [0.29, 0.717) is 0 Å². The summed E-state index contributed by atoms with van der Waals surface area (Å²) in [5.74, 6) is 0. The van der Waals surface area contributed by atoms with E-state index >= 15 is 0 Å². The number of hydrogen-bond acceptors (Lipinski definition) is 4. The SMILES string of the molecule is CCc1cccc(CC)c1NC(C#N)=C(C#N)C#N. The second-order valence-electron chi connectivity index (χ2n) is 3.87. The lowest BCUT2D eigenvalue weighted by molar-refractivity contribution is 1.08. The van der Waals surface area contributed by atoms with Gasteiger partial charge in [-0.2, -0.15) is 15.8 Å². The van der Waals surface area contributed by atoms with E-state index in [-0.39, 0.29) is 11.3 Å². The van der Waals surface area contributed by atoms with E-state index in [4.69, 9.17) is 15.8 Å². The summed E-state index contributed by atoms with van der Waals surface area (Å²) in [4.78, 5) is 0. The molecule has 0 aliphatic heterocycles. The molecule has 0 amide bonds. The molecule has 0 aliphatic rings. The molecule has 0 aliphatic carbocycles. The van der Waals surface area contributed by atoms with Crippen molar-refractivity contribution in [3.63, 3.8) is 0 Å². The summed E-state index contributed by atoms with van der Waals surface area (Å²) in [6, 6.07) is 11.2. The first-order valence-corrected chi connectivity index (χ1v) is 6.04. The molecule has 1 N–H and O–H groups in total. The van der Waals surface area contributed by atoms with Gasteiger partial charge in [-0.15, -0.1) is 0 Å². The predicted molar refractivity (Wildman–Crippen MR) is 72.7 cm³/mol. The highest BCUT2D eigenvalue weighted by molar-refractivity contribution is 5.65. The van der Waals surface area contributed by atoms with Gasteiger partial charge in [-0.1, -0.05) is 32.0 Å². The predicted octanol–water partition coefficient (Wildman–Crippen LogP) is 3.05. The maximum atomic E-state index is 9.07. The largest absolute Gasteiger partial charge is 0.345 e. The van der Waals surface area contributed by atoms with Crippen molar-refractivity contribution in [3.8, 4) is 18.2 Å². The number of aryl methyl sites for hydroxylation is 2. The molecule has 0 heterocycles. The molecule has 1 aromatic carbocycles. The van der Waals surface area contributed by atoms with Crippen LogP contribution in [-0.2, 0) is 12.8 Å². The summed E-state index contributed by atoms with van der Waals surface area (Å²) < 4.78 is 0. The smallest absolute Gasteiger partial charge is 0.163 e. The van der Waals surface area contributed by atoms with Crippen molar-refractivity contribution < 1.29 is 0 Å². The van der Waals surface area contributed by atoms with E-state index < -0.39 is 0 Å². The number of rotatable bonds is 4. The topological polar surface area (TPSA) is 83.4 Å². The van der Waals surface area contributed by atoms with Crippen LogP contribution in [0.5, 0.6) is 0 Å². The Kier molecular flexibility index (Phi) is 5.15. The van der Waals surface area contributed by atoms with E-state index in [2.05, 4.69) is 5.32 Å². The second kappa shape index (κ2) is 6.84. The fourth-order valence-corrected chi connectivity index (χ4v) is 1.81. The van der Waals surface area contributed by atoms with Gasteiger partial charge in [0.25, 0.3) is 0 Å². The first-order valence-electron chi connectivity index (χ1n) is 6.04. The number of nitriles is 3. The van der Waals surface area contributed by atoms with Crippen molar-refractivity contribution in [3.05, 3.63) is 40.6 Å². The molecule has 4 heteroatoms.